The van der Waals surface area contributed by atoms with Gasteiger partial charge in [-0.15, -0.1) is 0 Å². The van der Waals surface area contributed by atoms with Crippen molar-refractivity contribution in [3.63, 3.8) is 0 Å². The summed E-state index contributed by atoms with van der Waals surface area (Å²) in [6, 6.07) is 9.54. The average molecular weight is 308 g/mol. The van der Waals surface area contributed by atoms with Crippen LogP contribution in [0.25, 0.3) is 0 Å². The third kappa shape index (κ3) is 2.98. The minimum Gasteiger partial charge on any atom is -0.321 e. The van der Waals surface area contributed by atoms with Crippen molar-refractivity contribution in [3.05, 3.63) is 47.8 Å². The van der Waals surface area contributed by atoms with E-state index in [0.717, 1.165) is 17.4 Å². The van der Waals surface area contributed by atoms with Gasteiger partial charge in [-0.05, 0) is 30.2 Å². The number of carbonyl (C=O) groups excluding carboxylic acids is 1. The highest BCUT2D eigenvalue weighted by Crippen LogP contribution is 2.12. The van der Waals surface area contributed by atoms with E-state index in [-0.39, 0.29) is 5.91 Å². The molecule has 1 aromatic carbocycles. The standard InChI is InChI=1S/C13H14BrN3O/c1-17-12(7-9-15-17)13(18)16-11-4-2-10(3-5-11)6-8-14/h2-5,7,9H,6,8H2,1H3,(H,16,18). The van der Waals surface area contributed by atoms with Crippen molar-refractivity contribution in [2.45, 2.75) is 6.42 Å². The predicted octanol–water partition coefficient (Wildman–Crippen LogP) is 2.61. The summed E-state index contributed by atoms with van der Waals surface area (Å²) >= 11 is 3.40. The van der Waals surface area contributed by atoms with Crippen molar-refractivity contribution in [1.29, 1.82) is 0 Å². The summed E-state index contributed by atoms with van der Waals surface area (Å²) in [6.07, 6.45) is 2.59. The maximum absolute atomic E-state index is 11.9. The van der Waals surface area contributed by atoms with Crippen molar-refractivity contribution >= 4 is 27.5 Å². The van der Waals surface area contributed by atoms with Crippen LogP contribution in [-0.4, -0.2) is 21.0 Å². The van der Waals surface area contributed by atoms with E-state index in [9.17, 15) is 4.79 Å². The molecule has 1 aromatic heterocycles. The molecule has 1 N–H and O–H groups in total. The maximum Gasteiger partial charge on any atom is 0.273 e. The molecular formula is C13H14BrN3O. The van der Waals surface area contributed by atoms with Gasteiger partial charge < -0.3 is 5.32 Å². The molecule has 0 atom stereocenters. The largest absolute Gasteiger partial charge is 0.321 e. The lowest BCUT2D eigenvalue weighted by Crippen LogP contribution is -2.16. The Morgan fingerprint density at radius 1 is 1.33 bits per heavy atom. The number of alkyl halides is 1. The van der Waals surface area contributed by atoms with Crippen LogP contribution >= 0.6 is 15.9 Å². The van der Waals surface area contributed by atoms with Crippen molar-refractivity contribution in [2.24, 2.45) is 7.05 Å². The van der Waals surface area contributed by atoms with Crippen molar-refractivity contribution < 1.29 is 4.79 Å². The van der Waals surface area contributed by atoms with Crippen LogP contribution in [0.2, 0.25) is 0 Å². The van der Waals surface area contributed by atoms with Crippen LogP contribution < -0.4 is 5.32 Å². The quantitative estimate of drug-likeness (QED) is 0.883. The first-order chi connectivity index (χ1) is 8.70. The molecule has 0 fully saturated rings. The summed E-state index contributed by atoms with van der Waals surface area (Å²) < 4.78 is 1.55. The summed E-state index contributed by atoms with van der Waals surface area (Å²) in [6.45, 7) is 0. The fourth-order valence-electron chi connectivity index (χ4n) is 1.66. The second-order valence-corrected chi connectivity index (χ2v) is 4.72. The Labute approximate surface area is 114 Å². The number of nitrogens with one attached hydrogen (secondary N) is 1. The van der Waals surface area contributed by atoms with Gasteiger partial charge in [0.25, 0.3) is 5.91 Å². The Morgan fingerprint density at radius 2 is 2.06 bits per heavy atom. The van der Waals surface area contributed by atoms with Crippen LogP contribution in [0, 0.1) is 0 Å². The predicted molar refractivity (Wildman–Crippen MR) is 75.1 cm³/mol. The van der Waals surface area contributed by atoms with Gasteiger partial charge in [-0.3, -0.25) is 9.48 Å². The lowest BCUT2D eigenvalue weighted by Gasteiger charge is -2.06. The normalized spacial score (nSPS) is 10.3. The summed E-state index contributed by atoms with van der Waals surface area (Å²) in [7, 11) is 1.74. The molecule has 94 valence electrons. The molecule has 0 aliphatic heterocycles. The van der Waals surface area contributed by atoms with Gasteiger partial charge in [0.15, 0.2) is 0 Å². The first kappa shape index (κ1) is 12.8. The number of amides is 1. The number of aryl methyl sites for hydroxylation is 2. The number of hydrogen-bond acceptors (Lipinski definition) is 2. The summed E-state index contributed by atoms with van der Waals surface area (Å²) in [5.41, 5.74) is 2.57. The van der Waals surface area contributed by atoms with Crippen molar-refractivity contribution in [2.75, 3.05) is 10.6 Å². The van der Waals surface area contributed by atoms with Crippen molar-refractivity contribution in [3.8, 4) is 0 Å². The van der Waals surface area contributed by atoms with E-state index in [1.54, 1.807) is 24.0 Å². The highest BCUT2D eigenvalue weighted by atomic mass is 79.9. The lowest BCUT2D eigenvalue weighted by molar-refractivity contribution is 0.101. The number of nitrogens with zero attached hydrogens (tertiary/aromatic N) is 2. The van der Waals surface area contributed by atoms with E-state index in [1.165, 1.54) is 5.56 Å². The van der Waals surface area contributed by atoms with E-state index in [1.807, 2.05) is 24.3 Å². The summed E-state index contributed by atoms with van der Waals surface area (Å²) in [5.74, 6) is -0.150. The van der Waals surface area contributed by atoms with Gasteiger partial charge in [0.1, 0.15) is 5.69 Å². The van der Waals surface area contributed by atoms with E-state index >= 15 is 0 Å². The molecule has 2 aromatic rings. The van der Waals surface area contributed by atoms with Crippen LogP contribution in [0.3, 0.4) is 0 Å². The number of halogens is 1. The molecule has 0 bridgehead atoms. The van der Waals surface area contributed by atoms with E-state index in [4.69, 9.17) is 0 Å². The second-order valence-electron chi connectivity index (χ2n) is 3.93. The van der Waals surface area contributed by atoms with Gasteiger partial charge in [0.2, 0.25) is 0 Å². The molecule has 1 amide bonds. The molecule has 0 spiro atoms. The smallest absolute Gasteiger partial charge is 0.273 e. The van der Waals surface area contributed by atoms with Crippen LogP contribution in [0.1, 0.15) is 16.1 Å². The molecule has 2 rings (SSSR count). The average Bonchev–Trinajstić information content (AvgIpc) is 2.78. The molecule has 5 heteroatoms. The highest BCUT2D eigenvalue weighted by molar-refractivity contribution is 9.09. The molecule has 1 heterocycles. The molecule has 0 unspecified atom stereocenters. The summed E-state index contributed by atoms with van der Waals surface area (Å²) in [5, 5.41) is 7.75. The van der Waals surface area contributed by atoms with Gasteiger partial charge in [-0.1, -0.05) is 28.1 Å². The number of anilines is 1. The van der Waals surface area contributed by atoms with Crippen LogP contribution in [0.4, 0.5) is 5.69 Å². The number of carbonyl (C=O) groups is 1. The first-order valence-electron chi connectivity index (χ1n) is 5.65. The van der Waals surface area contributed by atoms with Gasteiger partial charge >= 0.3 is 0 Å². The topological polar surface area (TPSA) is 46.9 Å². The molecule has 4 nitrogen and oxygen atoms in total. The molecule has 0 radical (unpaired) electrons. The van der Waals surface area contributed by atoms with E-state index in [2.05, 4.69) is 26.3 Å². The maximum atomic E-state index is 11.9. The zero-order valence-electron chi connectivity index (χ0n) is 10.1. The molecule has 0 aliphatic carbocycles. The van der Waals surface area contributed by atoms with Crippen LogP contribution in [-0.2, 0) is 13.5 Å². The number of rotatable bonds is 4. The Balaban J connectivity index is 2.05. The Bertz CT molecular complexity index is 533. The van der Waals surface area contributed by atoms with Crippen LogP contribution in [0.15, 0.2) is 36.5 Å². The zero-order chi connectivity index (χ0) is 13.0. The van der Waals surface area contributed by atoms with E-state index < -0.39 is 0 Å². The number of hydrogen-bond donors (Lipinski definition) is 1. The number of benzene rings is 1. The zero-order valence-corrected chi connectivity index (χ0v) is 11.6. The molecule has 0 saturated heterocycles. The van der Waals surface area contributed by atoms with Gasteiger partial charge in [-0.25, -0.2) is 0 Å². The molecule has 0 saturated carbocycles. The van der Waals surface area contributed by atoms with Crippen LogP contribution in [0.5, 0.6) is 0 Å². The minimum atomic E-state index is -0.150. The Kier molecular flexibility index (Phi) is 4.15. The van der Waals surface area contributed by atoms with Gasteiger partial charge in [0, 0.05) is 24.3 Å². The summed E-state index contributed by atoms with van der Waals surface area (Å²) in [4.78, 5) is 11.9. The first-order valence-corrected chi connectivity index (χ1v) is 6.77. The monoisotopic (exact) mass is 307 g/mol. The molecular weight excluding hydrogens is 294 g/mol. The van der Waals surface area contributed by atoms with Gasteiger partial charge in [-0.2, -0.15) is 5.10 Å². The molecule has 0 aliphatic rings. The fraction of sp³-hybridized carbons (Fsp3) is 0.231. The van der Waals surface area contributed by atoms with Crippen molar-refractivity contribution in [1.82, 2.24) is 9.78 Å². The Hall–Kier alpha value is -1.62. The lowest BCUT2D eigenvalue weighted by atomic mass is 10.1. The minimum absolute atomic E-state index is 0.150. The SMILES string of the molecule is Cn1nccc1C(=O)Nc1ccc(CCBr)cc1. The van der Waals surface area contributed by atoms with E-state index in [0.29, 0.717) is 5.69 Å². The third-order valence-corrected chi connectivity index (χ3v) is 3.05. The fourth-order valence-corrected chi connectivity index (χ4v) is 2.11. The Morgan fingerprint density at radius 3 is 2.61 bits per heavy atom. The van der Waals surface area contributed by atoms with Gasteiger partial charge in [0.05, 0.1) is 0 Å². The third-order valence-electron chi connectivity index (χ3n) is 2.65. The molecule has 18 heavy (non-hydrogen) atoms. The number of aromatic nitrogens is 2. The highest BCUT2D eigenvalue weighted by Gasteiger charge is 2.09. The second kappa shape index (κ2) is 5.82.